The number of hydrogen-bond donors (Lipinski definition) is 1. The van der Waals surface area contributed by atoms with Crippen molar-refractivity contribution in [2.24, 2.45) is 5.73 Å². The first-order valence-electron chi connectivity index (χ1n) is 7.93. The number of hydrogen-bond acceptors (Lipinski definition) is 2. The van der Waals surface area contributed by atoms with Crippen LogP contribution in [0.15, 0.2) is 42.5 Å². The Kier molecular flexibility index (Phi) is 3.00. The molecule has 0 aromatic heterocycles. The molecule has 0 amide bonds. The molecule has 1 aliphatic carbocycles. The van der Waals surface area contributed by atoms with E-state index in [0.717, 1.165) is 19.5 Å². The number of benzene rings is 2. The summed E-state index contributed by atoms with van der Waals surface area (Å²) in [6, 6.07) is 15.8. The first-order valence-corrected chi connectivity index (χ1v) is 7.93. The van der Waals surface area contributed by atoms with Crippen molar-refractivity contribution >= 4 is 5.69 Å². The third kappa shape index (κ3) is 2.14. The van der Waals surface area contributed by atoms with Gasteiger partial charge in [0.15, 0.2) is 0 Å². The van der Waals surface area contributed by atoms with Gasteiger partial charge in [-0.2, -0.15) is 0 Å². The van der Waals surface area contributed by atoms with Crippen LogP contribution < -0.4 is 10.6 Å². The topological polar surface area (TPSA) is 29.3 Å². The van der Waals surface area contributed by atoms with Crippen molar-refractivity contribution < 1.29 is 0 Å². The van der Waals surface area contributed by atoms with Crippen LogP contribution >= 0.6 is 0 Å². The van der Waals surface area contributed by atoms with Gasteiger partial charge in [-0.25, -0.2) is 0 Å². The van der Waals surface area contributed by atoms with Crippen LogP contribution in [0.1, 0.15) is 41.1 Å². The average Bonchev–Trinajstić information content (AvgIpc) is 2.87. The summed E-state index contributed by atoms with van der Waals surface area (Å²) in [5.41, 5.74) is 13.2. The van der Waals surface area contributed by atoms with E-state index in [1.165, 1.54) is 28.8 Å². The lowest BCUT2D eigenvalue weighted by atomic mass is 9.77. The quantitative estimate of drug-likeness (QED) is 0.932. The van der Waals surface area contributed by atoms with E-state index in [1.54, 1.807) is 5.56 Å². The van der Waals surface area contributed by atoms with Gasteiger partial charge < -0.3 is 10.6 Å². The molecule has 108 valence electrons. The zero-order valence-corrected chi connectivity index (χ0v) is 12.5. The van der Waals surface area contributed by atoms with Gasteiger partial charge >= 0.3 is 0 Å². The van der Waals surface area contributed by atoms with Gasteiger partial charge in [0.2, 0.25) is 0 Å². The highest BCUT2D eigenvalue weighted by atomic mass is 15.1. The molecule has 2 aromatic rings. The maximum absolute atomic E-state index is 5.99. The maximum atomic E-state index is 5.99. The van der Waals surface area contributed by atoms with Crippen molar-refractivity contribution in [2.75, 3.05) is 18.0 Å². The predicted octanol–water partition coefficient (Wildman–Crippen LogP) is 3.41. The Hall–Kier alpha value is -1.80. The van der Waals surface area contributed by atoms with Gasteiger partial charge in [-0.3, -0.25) is 0 Å². The second-order valence-electron chi connectivity index (χ2n) is 6.47. The molecule has 2 heteroatoms. The molecule has 2 unspecified atom stereocenters. The minimum Gasteiger partial charge on any atom is -0.370 e. The molecule has 1 aliphatic heterocycles. The van der Waals surface area contributed by atoms with E-state index in [4.69, 9.17) is 5.73 Å². The third-order valence-electron chi connectivity index (χ3n) is 5.02. The minimum atomic E-state index is 0.128. The van der Waals surface area contributed by atoms with E-state index >= 15 is 0 Å². The normalized spacial score (nSPS) is 20.7. The highest BCUT2D eigenvalue weighted by molar-refractivity contribution is 5.60. The predicted molar refractivity (Wildman–Crippen MR) is 87.8 cm³/mol. The second-order valence-corrected chi connectivity index (χ2v) is 6.47. The number of nitrogens with zero attached hydrogens (tertiary/aromatic N) is 1. The van der Waals surface area contributed by atoms with E-state index in [2.05, 4.69) is 54.3 Å². The summed E-state index contributed by atoms with van der Waals surface area (Å²) in [4.78, 5) is 2.56. The monoisotopic (exact) mass is 278 g/mol. The van der Waals surface area contributed by atoms with Crippen molar-refractivity contribution in [1.82, 2.24) is 0 Å². The lowest BCUT2D eigenvalue weighted by Crippen LogP contribution is -2.32. The van der Waals surface area contributed by atoms with Crippen LogP contribution in [0.2, 0.25) is 0 Å². The zero-order valence-electron chi connectivity index (χ0n) is 12.5. The molecule has 0 spiro atoms. The van der Waals surface area contributed by atoms with Crippen LogP contribution in [-0.4, -0.2) is 13.1 Å². The van der Waals surface area contributed by atoms with E-state index in [0.29, 0.717) is 5.92 Å². The molecule has 2 atom stereocenters. The summed E-state index contributed by atoms with van der Waals surface area (Å²) in [5, 5.41) is 0. The smallest absolute Gasteiger partial charge is 0.0399 e. The molecule has 1 heterocycles. The summed E-state index contributed by atoms with van der Waals surface area (Å²) < 4.78 is 0. The number of nitrogens with two attached hydrogens (primary N) is 1. The highest BCUT2D eigenvalue weighted by Gasteiger charge is 2.29. The lowest BCUT2D eigenvalue weighted by molar-refractivity contribution is 0.590. The molecule has 2 nitrogen and oxygen atoms in total. The fourth-order valence-corrected chi connectivity index (χ4v) is 3.75. The van der Waals surface area contributed by atoms with Crippen molar-refractivity contribution in [2.45, 2.75) is 31.7 Å². The van der Waals surface area contributed by atoms with Crippen LogP contribution in [0.5, 0.6) is 0 Å². The number of fused-ring (bicyclic) bond motifs is 2. The third-order valence-corrected chi connectivity index (χ3v) is 5.02. The summed E-state index contributed by atoms with van der Waals surface area (Å²) in [7, 11) is 0. The van der Waals surface area contributed by atoms with Crippen molar-refractivity contribution in [1.29, 1.82) is 0 Å². The molecule has 2 aromatic carbocycles. The summed E-state index contributed by atoms with van der Waals surface area (Å²) in [6.45, 7) is 4.36. The Labute approximate surface area is 126 Å². The van der Waals surface area contributed by atoms with Gasteiger partial charge in [0.05, 0.1) is 0 Å². The second kappa shape index (κ2) is 4.88. The Balaban J connectivity index is 1.53. The molecular formula is C19H22N2. The van der Waals surface area contributed by atoms with Crippen molar-refractivity contribution in [3.8, 4) is 0 Å². The van der Waals surface area contributed by atoms with Crippen LogP contribution in [0.25, 0.3) is 0 Å². The van der Waals surface area contributed by atoms with Gasteiger partial charge in [0.1, 0.15) is 0 Å². The van der Waals surface area contributed by atoms with E-state index < -0.39 is 0 Å². The molecule has 21 heavy (non-hydrogen) atoms. The van der Waals surface area contributed by atoms with Crippen molar-refractivity contribution in [3.05, 3.63) is 64.7 Å². The van der Waals surface area contributed by atoms with Gasteiger partial charge in [0.25, 0.3) is 0 Å². The van der Waals surface area contributed by atoms with Gasteiger partial charge in [0, 0.05) is 30.7 Å². The summed E-state index contributed by atoms with van der Waals surface area (Å²) >= 11 is 0. The maximum Gasteiger partial charge on any atom is 0.0399 e. The fraction of sp³-hybridized carbons (Fsp3) is 0.368. The van der Waals surface area contributed by atoms with Gasteiger partial charge in [-0.15, -0.1) is 0 Å². The Bertz CT molecular complexity index is 675. The molecule has 0 fully saturated rings. The Morgan fingerprint density at radius 1 is 1.19 bits per heavy atom. The SMILES string of the molecule is CC(N)c1ccc2c(c1)CCN2CC1Cc2ccccc21. The van der Waals surface area contributed by atoms with Crippen LogP contribution in [0.3, 0.4) is 0 Å². The molecular weight excluding hydrogens is 256 g/mol. The number of anilines is 1. The van der Waals surface area contributed by atoms with Crippen LogP contribution in [0.4, 0.5) is 5.69 Å². The Morgan fingerprint density at radius 3 is 2.86 bits per heavy atom. The largest absolute Gasteiger partial charge is 0.370 e. The van der Waals surface area contributed by atoms with Crippen molar-refractivity contribution in [3.63, 3.8) is 0 Å². The fourth-order valence-electron chi connectivity index (χ4n) is 3.75. The zero-order chi connectivity index (χ0) is 14.4. The minimum absolute atomic E-state index is 0.128. The summed E-state index contributed by atoms with van der Waals surface area (Å²) in [5.74, 6) is 0.709. The lowest BCUT2D eigenvalue weighted by Gasteiger charge is -2.34. The van der Waals surface area contributed by atoms with Crippen LogP contribution in [-0.2, 0) is 12.8 Å². The Morgan fingerprint density at radius 2 is 2.05 bits per heavy atom. The van der Waals surface area contributed by atoms with E-state index in [-0.39, 0.29) is 6.04 Å². The molecule has 4 rings (SSSR count). The molecule has 0 radical (unpaired) electrons. The number of rotatable bonds is 3. The average molecular weight is 278 g/mol. The van der Waals surface area contributed by atoms with E-state index in [1.807, 2.05) is 0 Å². The molecule has 2 aliphatic rings. The summed E-state index contributed by atoms with van der Waals surface area (Å²) in [6.07, 6.45) is 2.39. The van der Waals surface area contributed by atoms with Gasteiger partial charge in [-0.05, 0) is 48.1 Å². The molecule has 0 bridgehead atoms. The highest BCUT2D eigenvalue weighted by Crippen LogP contribution is 2.38. The molecule has 0 saturated heterocycles. The van der Waals surface area contributed by atoms with E-state index in [9.17, 15) is 0 Å². The standard InChI is InChI=1S/C19H22N2/c1-13(20)14-6-7-19-16(10-14)8-9-21(19)12-17-11-15-4-2-3-5-18(15)17/h2-7,10,13,17H,8-9,11-12,20H2,1H3. The molecule has 2 N–H and O–H groups in total. The first kappa shape index (κ1) is 12.9. The molecule has 0 saturated carbocycles. The first-order chi connectivity index (χ1) is 10.2. The van der Waals surface area contributed by atoms with Gasteiger partial charge in [-0.1, -0.05) is 36.4 Å². The van der Waals surface area contributed by atoms with Crippen LogP contribution in [0, 0.1) is 0 Å².